The molecule has 0 radical (unpaired) electrons. The van der Waals surface area contributed by atoms with Crippen molar-refractivity contribution in [1.29, 1.82) is 0 Å². The van der Waals surface area contributed by atoms with Crippen LogP contribution in [-0.2, 0) is 6.18 Å². The topological polar surface area (TPSA) is 115 Å². The molecule has 14 heteroatoms. The van der Waals surface area contributed by atoms with Crippen LogP contribution in [0.2, 0.25) is 0 Å². The number of hydrogen-bond donors (Lipinski definition) is 1. The average Bonchev–Trinajstić information content (AvgIpc) is 2.54. The lowest BCUT2D eigenvalue weighted by Crippen LogP contribution is -2.37. The van der Waals surface area contributed by atoms with Crippen LogP contribution in [0.4, 0.5) is 37.7 Å². The first-order valence-corrected chi connectivity index (χ1v) is 7.24. The Morgan fingerprint density at radius 2 is 1.31 bits per heavy atom. The second-order valence-electron chi connectivity index (χ2n) is 5.43. The molecule has 0 aliphatic heterocycles. The minimum absolute atomic E-state index is 0.154. The first-order valence-electron chi connectivity index (χ1n) is 7.24. The van der Waals surface area contributed by atoms with Gasteiger partial charge in [0.15, 0.2) is 0 Å². The normalized spacial score (nSPS) is 11.8. The SMILES string of the molecule is O=C(NC(F)(F)F)c1ccc(C(F)(F)F)cc1.O=[N+]([O-])c1cc2cc([N+](=O)[O-])c1-2. The molecule has 0 saturated heterocycles. The smallest absolute Gasteiger partial charge is 0.269 e. The Labute approximate surface area is 156 Å². The standard InChI is InChI=1S/C9H5F6NO.C6H2N2O4/c10-8(11,12)6-3-1-5(2-4-6)7(17)16-9(13,14)15;9-7(10)4-1-3-2-5(6(3)4)8(11)12/h1-4H,(H,16,17);1-2H. The lowest BCUT2D eigenvalue weighted by atomic mass is 9.88. The van der Waals surface area contributed by atoms with E-state index in [4.69, 9.17) is 0 Å². The predicted octanol–water partition coefficient (Wildman–Crippen LogP) is 4.44. The van der Waals surface area contributed by atoms with E-state index in [-0.39, 0.29) is 16.9 Å². The molecule has 2 aliphatic carbocycles. The summed E-state index contributed by atoms with van der Waals surface area (Å²) in [5.41, 5.74) is -1.06. The molecule has 0 saturated carbocycles. The molecule has 0 aromatic heterocycles. The van der Waals surface area contributed by atoms with Crippen LogP contribution < -0.4 is 5.32 Å². The van der Waals surface area contributed by atoms with Gasteiger partial charge in [0.1, 0.15) is 5.56 Å². The molecule has 0 heterocycles. The van der Waals surface area contributed by atoms with Crippen LogP contribution >= 0.6 is 0 Å². The summed E-state index contributed by atoms with van der Waals surface area (Å²) in [6, 6.07) is 5.05. The van der Waals surface area contributed by atoms with Crippen molar-refractivity contribution in [1.82, 2.24) is 5.32 Å². The first-order chi connectivity index (χ1) is 13.2. The van der Waals surface area contributed by atoms with Crippen molar-refractivity contribution in [3.05, 3.63) is 67.8 Å². The van der Waals surface area contributed by atoms with E-state index in [2.05, 4.69) is 0 Å². The fraction of sp³-hybridized carbons (Fsp3) is 0.133. The van der Waals surface area contributed by atoms with Gasteiger partial charge in [-0.3, -0.25) is 30.3 Å². The maximum atomic E-state index is 12.1. The highest BCUT2D eigenvalue weighted by atomic mass is 19.4. The number of rotatable bonds is 3. The zero-order valence-electron chi connectivity index (χ0n) is 13.7. The van der Waals surface area contributed by atoms with Crippen molar-refractivity contribution >= 4 is 17.3 Å². The van der Waals surface area contributed by atoms with Crippen LogP contribution in [0.3, 0.4) is 0 Å². The fourth-order valence-electron chi connectivity index (χ4n) is 2.20. The number of hydrogen-bond acceptors (Lipinski definition) is 5. The van der Waals surface area contributed by atoms with Crippen molar-refractivity contribution in [2.24, 2.45) is 0 Å². The number of fused-ring (bicyclic) bond motifs is 1. The maximum absolute atomic E-state index is 12.1. The number of nitro benzene ring substituents is 2. The van der Waals surface area contributed by atoms with E-state index in [1.165, 1.54) is 12.1 Å². The zero-order valence-corrected chi connectivity index (χ0v) is 13.7. The summed E-state index contributed by atoms with van der Waals surface area (Å²) in [5.74, 6) is -1.51. The monoisotopic (exact) mass is 423 g/mol. The Kier molecular flexibility index (Phi) is 5.48. The number of carbonyl (C=O) groups excluding carboxylic acids is 1. The summed E-state index contributed by atoms with van der Waals surface area (Å²) in [5, 5.41) is 21.1. The third-order valence-corrected chi connectivity index (χ3v) is 3.51. The quantitative estimate of drug-likeness (QED) is 0.290. The molecule has 0 unspecified atom stereocenters. The van der Waals surface area contributed by atoms with Crippen LogP contribution in [0.5, 0.6) is 0 Å². The molecule has 1 aromatic rings. The third kappa shape index (κ3) is 4.97. The number of halogens is 6. The molecular formula is C15H7F6N3O5. The highest BCUT2D eigenvalue weighted by Crippen LogP contribution is 2.50. The van der Waals surface area contributed by atoms with Crippen molar-refractivity contribution < 1.29 is 41.0 Å². The summed E-state index contributed by atoms with van der Waals surface area (Å²) in [6.45, 7) is 0. The number of alkyl halides is 6. The molecule has 0 atom stereocenters. The largest absolute Gasteiger partial charge is 0.484 e. The second kappa shape index (κ2) is 7.37. The summed E-state index contributed by atoms with van der Waals surface area (Å²) in [6.07, 6.45) is -9.52. The van der Waals surface area contributed by atoms with Crippen molar-refractivity contribution in [3.63, 3.8) is 0 Å². The zero-order chi connectivity index (χ0) is 22.1. The molecule has 0 fully saturated rings. The third-order valence-electron chi connectivity index (χ3n) is 3.51. The minimum Gasteiger partial charge on any atom is -0.269 e. The maximum Gasteiger partial charge on any atom is 0.484 e. The van der Waals surface area contributed by atoms with Gasteiger partial charge in [0, 0.05) is 23.3 Å². The molecule has 0 bridgehead atoms. The van der Waals surface area contributed by atoms with Crippen LogP contribution in [0, 0.1) is 20.2 Å². The highest BCUT2D eigenvalue weighted by molar-refractivity contribution is 5.97. The molecule has 1 N–H and O–H groups in total. The summed E-state index contributed by atoms with van der Waals surface area (Å²) < 4.78 is 71.6. The minimum atomic E-state index is -4.92. The van der Waals surface area contributed by atoms with Gasteiger partial charge in [0.25, 0.3) is 17.3 Å². The van der Waals surface area contributed by atoms with Crippen LogP contribution in [0.25, 0.3) is 11.1 Å². The fourth-order valence-corrected chi connectivity index (χ4v) is 2.20. The molecular weight excluding hydrogens is 416 g/mol. The lowest BCUT2D eigenvalue weighted by Gasteiger charge is -2.14. The Bertz CT molecular complexity index is 950. The van der Waals surface area contributed by atoms with E-state index in [1.54, 1.807) is 0 Å². The van der Waals surface area contributed by atoms with E-state index in [0.717, 1.165) is 0 Å². The van der Waals surface area contributed by atoms with Gasteiger partial charge in [-0.25, -0.2) is 0 Å². The van der Waals surface area contributed by atoms with E-state index in [0.29, 0.717) is 35.1 Å². The van der Waals surface area contributed by atoms with Crippen LogP contribution in [-0.4, -0.2) is 22.1 Å². The number of nitro groups is 2. The number of benzene rings is 2. The molecule has 0 spiro atoms. The van der Waals surface area contributed by atoms with Gasteiger partial charge in [-0.15, -0.1) is 0 Å². The predicted molar refractivity (Wildman–Crippen MR) is 83.7 cm³/mol. The van der Waals surface area contributed by atoms with Crippen LogP contribution in [0.1, 0.15) is 15.9 Å². The summed E-state index contributed by atoms with van der Waals surface area (Å²) >= 11 is 0. The van der Waals surface area contributed by atoms with Gasteiger partial charge in [-0.05, 0) is 24.3 Å². The highest BCUT2D eigenvalue weighted by Gasteiger charge is 2.38. The molecule has 29 heavy (non-hydrogen) atoms. The molecule has 3 rings (SSSR count). The summed E-state index contributed by atoms with van der Waals surface area (Å²) in [4.78, 5) is 30.1. The van der Waals surface area contributed by atoms with Crippen molar-refractivity contribution in [2.45, 2.75) is 12.5 Å². The molecule has 2 aliphatic rings. The van der Waals surface area contributed by atoms with Gasteiger partial charge in [-0.2, -0.15) is 26.3 Å². The van der Waals surface area contributed by atoms with E-state index in [1.807, 2.05) is 0 Å². The first kappa shape index (κ1) is 21.6. The number of nitrogens with zero attached hydrogens (tertiary/aromatic N) is 2. The van der Waals surface area contributed by atoms with Gasteiger partial charge in [0.2, 0.25) is 0 Å². The van der Waals surface area contributed by atoms with Crippen molar-refractivity contribution in [3.8, 4) is 11.1 Å². The van der Waals surface area contributed by atoms with Gasteiger partial charge >= 0.3 is 12.5 Å². The molecule has 1 aromatic carbocycles. The molecule has 8 nitrogen and oxygen atoms in total. The molecule has 1 amide bonds. The van der Waals surface area contributed by atoms with Gasteiger partial charge < -0.3 is 0 Å². The Hall–Kier alpha value is -3.71. The van der Waals surface area contributed by atoms with Crippen molar-refractivity contribution in [2.75, 3.05) is 0 Å². The van der Waals surface area contributed by atoms with Crippen LogP contribution in [0.15, 0.2) is 36.4 Å². The Morgan fingerprint density at radius 3 is 1.62 bits per heavy atom. The Balaban J connectivity index is 0.000000218. The van der Waals surface area contributed by atoms with Gasteiger partial charge in [0.05, 0.1) is 15.4 Å². The van der Waals surface area contributed by atoms with E-state index < -0.39 is 39.4 Å². The number of amides is 1. The number of carbonyl (C=O) groups is 1. The second-order valence-corrected chi connectivity index (χ2v) is 5.43. The average molecular weight is 423 g/mol. The molecule has 154 valence electrons. The van der Waals surface area contributed by atoms with Gasteiger partial charge in [-0.1, -0.05) is 0 Å². The Morgan fingerprint density at radius 1 is 0.862 bits per heavy atom. The summed E-state index contributed by atoms with van der Waals surface area (Å²) in [7, 11) is 0. The van der Waals surface area contributed by atoms with E-state index >= 15 is 0 Å². The lowest BCUT2D eigenvalue weighted by molar-refractivity contribution is -0.394. The number of nitrogens with one attached hydrogen (secondary N) is 1. The van der Waals surface area contributed by atoms with E-state index in [9.17, 15) is 51.4 Å².